The zero-order chi connectivity index (χ0) is 23.4. The first-order chi connectivity index (χ1) is 16.0. The van der Waals surface area contributed by atoms with Crippen LogP contribution in [-0.4, -0.2) is 53.2 Å². The summed E-state index contributed by atoms with van der Waals surface area (Å²) in [5.74, 6) is -0.735. The van der Waals surface area contributed by atoms with Crippen LogP contribution in [0.25, 0.3) is 0 Å². The van der Waals surface area contributed by atoms with E-state index in [4.69, 9.17) is 4.74 Å². The van der Waals surface area contributed by atoms with Crippen molar-refractivity contribution in [2.75, 3.05) is 19.7 Å². The number of ether oxygens (including phenoxy) is 1. The zero-order valence-electron chi connectivity index (χ0n) is 19.2. The van der Waals surface area contributed by atoms with Crippen LogP contribution in [0.4, 0.5) is 4.39 Å². The molecule has 1 amide bonds. The van der Waals surface area contributed by atoms with Crippen molar-refractivity contribution in [1.82, 2.24) is 9.91 Å². The van der Waals surface area contributed by atoms with Crippen molar-refractivity contribution < 1.29 is 18.7 Å². The quantitative estimate of drug-likeness (QED) is 0.617. The smallest absolute Gasteiger partial charge is 0.323 e. The van der Waals surface area contributed by atoms with E-state index in [1.165, 1.54) is 12.1 Å². The first-order valence-electron chi connectivity index (χ1n) is 11.6. The van der Waals surface area contributed by atoms with E-state index in [2.05, 4.69) is 5.10 Å². The summed E-state index contributed by atoms with van der Waals surface area (Å²) in [4.78, 5) is 27.9. The monoisotopic (exact) mass is 451 g/mol. The van der Waals surface area contributed by atoms with Gasteiger partial charge in [0, 0.05) is 6.42 Å². The molecule has 7 heteroatoms. The number of hydrazone groups is 1. The van der Waals surface area contributed by atoms with Crippen LogP contribution in [0, 0.1) is 12.7 Å². The number of rotatable bonds is 6. The van der Waals surface area contributed by atoms with Gasteiger partial charge in [0.05, 0.1) is 24.9 Å². The van der Waals surface area contributed by atoms with Crippen LogP contribution in [0.15, 0.2) is 53.6 Å². The lowest BCUT2D eigenvalue weighted by Crippen LogP contribution is -2.49. The Labute approximate surface area is 194 Å². The SMILES string of the molecule is CCOC(=O)[C@@H]1CCCCN1CC(=O)N1N=C(c2ccc(F)cc2)C[C@@H]1c1ccc(C)cc1. The molecule has 2 aliphatic rings. The molecule has 2 aromatic rings. The normalized spacial score (nSPS) is 21.1. The third-order valence-corrected chi connectivity index (χ3v) is 6.32. The molecule has 0 spiro atoms. The second-order valence-corrected chi connectivity index (χ2v) is 8.66. The maximum Gasteiger partial charge on any atom is 0.323 e. The lowest BCUT2D eigenvalue weighted by Gasteiger charge is -2.34. The molecule has 0 aromatic heterocycles. The van der Waals surface area contributed by atoms with E-state index < -0.39 is 6.04 Å². The molecule has 0 bridgehead atoms. The van der Waals surface area contributed by atoms with Crippen LogP contribution in [0.5, 0.6) is 0 Å². The molecule has 0 N–H and O–H groups in total. The topological polar surface area (TPSA) is 62.2 Å². The third kappa shape index (κ3) is 5.30. The zero-order valence-corrected chi connectivity index (χ0v) is 19.2. The average Bonchev–Trinajstić information content (AvgIpc) is 3.26. The van der Waals surface area contributed by atoms with Gasteiger partial charge in [-0.2, -0.15) is 5.10 Å². The van der Waals surface area contributed by atoms with E-state index in [-0.39, 0.29) is 30.3 Å². The molecular weight excluding hydrogens is 421 g/mol. The van der Waals surface area contributed by atoms with Gasteiger partial charge >= 0.3 is 5.97 Å². The molecule has 33 heavy (non-hydrogen) atoms. The van der Waals surface area contributed by atoms with Crippen molar-refractivity contribution in [1.29, 1.82) is 0 Å². The maximum absolute atomic E-state index is 13.5. The fraction of sp³-hybridized carbons (Fsp3) is 0.423. The van der Waals surface area contributed by atoms with Crippen molar-refractivity contribution in [2.45, 2.75) is 51.6 Å². The van der Waals surface area contributed by atoms with E-state index in [0.29, 0.717) is 26.0 Å². The number of likely N-dealkylation sites (tertiary alicyclic amines) is 1. The molecular formula is C26H30FN3O3. The highest BCUT2D eigenvalue weighted by Gasteiger charge is 2.37. The van der Waals surface area contributed by atoms with Gasteiger partial charge in [0.25, 0.3) is 5.91 Å². The van der Waals surface area contributed by atoms with E-state index in [1.807, 2.05) is 36.1 Å². The van der Waals surface area contributed by atoms with Gasteiger partial charge in [0.1, 0.15) is 11.9 Å². The molecule has 0 saturated carbocycles. The van der Waals surface area contributed by atoms with Crippen molar-refractivity contribution in [2.24, 2.45) is 5.10 Å². The predicted molar refractivity (Wildman–Crippen MR) is 124 cm³/mol. The van der Waals surface area contributed by atoms with Gasteiger partial charge in [-0.25, -0.2) is 9.40 Å². The fourth-order valence-electron chi connectivity index (χ4n) is 4.54. The number of nitrogens with zero attached hydrogens (tertiary/aromatic N) is 3. The van der Waals surface area contributed by atoms with Crippen LogP contribution in [-0.2, 0) is 14.3 Å². The summed E-state index contributed by atoms with van der Waals surface area (Å²) in [6, 6.07) is 13.6. The van der Waals surface area contributed by atoms with Crippen LogP contribution in [0.2, 0.25) is 0 Å². The highest BCUT2D eigenvalue weighted by Crippen LogP contribution is 2.33. The predicted octanol–water partition coefficient (Wildman–Crippen LogP) is 4.23. The lowest BCUT2D eigenvalue weighted by molar-refractivity contribution is -0.152. The Morgan fingerprint density at radius 1 is 1.09 bits per heavy atom. The maximum atomic E-state index is 13.5. The number of halogens is 1. The molecule has 0 radical (unpaired) electrons. The second kappa shape index (κ2) is 10.3. The Morgan fingerprint density at radius 3 is 2.52 bits per heavy atom. The van der Waals surface area contributed by atoms with Crippen molar-refractivity contribution in [3.05, 3.63) is 71.0 Å². The fourth-order valence-corrected chi connectivity index (χ4v) is 4.54. The van der Waals surface area contributed by atoms with E-state index in [0.717, 1.165) is 35.2 Å². The van der Waals surface area contributed by atoms with Crippen molar-refractivity contribution in [3.8, 4) is 0 Å². The summed E-state index contributed by atoms with van der Waals surface area (Å²) in [5, 5.41) is 6.22. The summed E-state index contributed by atoms with van der Waals surface area (Å²) >= 11 is 0. The van der Waals surface area contributed by atoms with Gasteiger partial charge in [-0.1, -0.05) is 48.4 Å². The number of aryl methyl sites for hydroxylation is 1. The average molecular weight is 452 g/mol. The summed E-state index contributed by atoms with van der Waals surface area (Å²) in [6.07, 6.45) is 3.12. The van der Waals surface area contributed by atoms with Gasteiger partial charge in [-0.15, -0.1) is 0 Å². The first-order valence-corrected chi connectivity index (χ1v) is 11.6. The van der Waals surface area contributed by atoms with E-state index >= 15 is 0 Å². The molecule has 0 aliphatic carbocycles. The summed E-state index contributed by atoms with van der Waals surface area (Å²) in [5.41, 5.74) is 3.68. The second-order valence-electron chi connectivity index (χ2n) is 8.66. The number of carbonyl (C=O) groups excluding carboxylic acids is 2. The minimum atomic E-state index is -0.399. The first kappa shape index (κ1) is 23.1. The summed E-state index contributed by atoms with van der Waals surface area (Å²) < 4.78 is 18.7. The summed E-state index contributed by atoms with van der Waals surface area (Å²) in [7, 11) is 0. The van der Waals surface area contributed by atoms with E-state index in [9.17, 15) is 14.0 Å². The minimum Gasteiger partial charge on any atom is -0.465 e. The number of esters is 1. The highest BCUT2D eigenvalue weighted by molar-refractivity contribution is 6.03. The number of amides is 1. The highest BCUT2D eigenvalue weighted by atomic mass is 19.1. The Balaban J connectivity index is 1.59. The largest absolute Gasteiger partial charge is 0.465 e. The third-order valence-electron chi connectivity index (χ3n) is 6.32. The van der Waals surface area contributed by atoms with Crippen LogP contribution >= 0.6 is 0 Å². The number of carbonyl (C=O) groups is 2. The molecule has 2 atom stereocenters. The molecule has 2 heterocycles. The van der Waals surface area contributed by atoms with E-state index in [1.54, 1.807) is 24.1 Å². The van der Waals surface area contributed by atoms with Gasteiger partial charge in [0.2, 0.25) is 0 Å². The molecule has 1 saturated heterocycles. The number of piperidine rings is 1. The number of benzene rings is 2. The van der Waals surface area contributed by atoms with Crippen LogP contribution < -0.4 is 0 Å². The molecule has 2 aromatic carbocycles. The molecule has 174 valence electrons. The Hall–Kier alpha value is -3.06. The van der Waals surface area contributed by atoms with Crippen molar-refractivity contribution in [3.63, 3.8) is 0 Å². The van der Waals surface area contributed by atoms with Crippen LogP contribution in [0.1, 0.15) is 55.3 Å². The molecule has 1 fully saturated rings. The van der Waals surface area contributed by atoms with Gasteiger partial charge < -0.3 is 4.74 Å². The van der Waals surface area contributed by atoms with Crippen LogP contribution in [0.3, 0.4) is 0 Å². The van der Waals surface area contributed by atoms with Gasteiger partial charge in [-0.3, -0.25) is 14.5 Å². The summed E-state index contributed by atoms with van der Waals surface area (Å²) in [6.45, 7) is 4.91. The Morgan fingerprint density at radius 2 is 1.82 bits per heavy atom. The lowest BCUT2D eigenvalue weighted by atomic mass is 9.97. The minimum absolute atomic E-state index is 0.103. The van der Waals surface area contributed by atoms with Gasteiger partial charge in [0.15, 0.2) is 0 Å². The van der Waals surface area contributed by atoms with Gasteiger partial charge in [-0.05, 0) is 56.5 Å². The molecule has 6 nitrogen and oxygen atoms in total. The Bertz CT molecular complexity index is 1020. The van der Waals surface area contributed by atoms with Crippen molar-refractivity contribution >= 4 is 17.6 Å². The number of hydrogen-bond donors (Lipinski definition) is 0. The Kier molecular flexibility index (Phi) is 7.18. The standard InChI is InChI=1S/C26H30FN3O3/c1-3-33-26(32)23-6-4-5-15-29(23)17-25(31)30-24(20-9-7-18(2)8-10-20)16-22(28-30)19-11-13-21(27)14-12-19/h7-14,23-24H,3-6,15-17H2,1-2H3/t23-,24+/m0/s1. The number of hydrogen-bond acceptors (Lipinski definition) is 5. The molecule has 4 rings (SSSR count). The molecule has 0 unspecified atom stereocenters. The molecule has 2 aliphatic heterocycles.